The number of methoxy groups -OCH3 is 2. The third kappa shape index (κ3) is 4.97. The summed E-state index contributed by atoms with van der Waals surface area (Å²) in [7, 11) is 3.08. The number of carbonyl (C=O) groups excluding carboxylic acids is 2. The van der Waals surface area contributed by atoms with Crippen LogP contribution in [0.3, 0.4) is 0 Å². The number of hydrogen-bond acceptors (Lipinski definition) is 4. The third-order valence-electron chi connectivity index (χ3n) is 2.48. The van der Waals surface area contributed by atoms with E-state index in [1.165, 1.54) is 7.11 Å². The standard InChI is InChI=1S/C13H17ClN2O4/c1-19-10-4-3-9(7-11(10)20-2)8-15-13(18)16-12(17)5-6-14/h3-4,7H,5-6,8H2,1-2H3,(H2,15,16,17,18). The highest BCUT2D eigenvalue weighted by molar-refractivity contribution is 6.19. The number of benzene rings is 1. The van der Waals surface area contributed by atoms with Crippen LogP contribution in [0.5, 0.6) is 11.5 Å². The van der Waals surface area contributed by atoms with E-state index in [1.807, 2.05) is 0 Å². The molecule has 20 heavy (non-hydrogen) atoms. The number of hydrogen-bond donors (Lipinski definition) is 2. The zero-order valence-electron chi connectivity index (χ0n) is 11.4. The van der Waals surface area contributed by atoms with Crippen LogP contribution in [0, 0.1) is 0 Å². The smallest absolute Gasteiger partial charge is 0.321 e. The molecule has 0 fully saturated rings. The minimum absolute atomic E-state index is 0.103. The Morgan fingerprint density at radius 3 is 2.50 bits per heavy atom. The fourth-order valence-corrected chi connectivity index (χ4v) is 1.66. The zero-order chi connectivity index (χ0) is 15.0. The molecule has 2 N–H and O–H groups in total. The molecule has 7 heteroatoms. The van der Waals surface area contributed by atoms with Crippen molar-refractivity contribution in [2.45, 2.75) is 13.0 Å². The molecular formula is C13H17ClN2O4. The summed E-state index contributed by atoms with van der Waals surface area (Å²) in [5, 5.41) is 4.74. The minimum atomic E-state index is -0.560. The summed E-state index contributed by atoms with van der Waals surface area (Å²) in [5.74, 6) is 0.947. The van der Waals surface area contributed by atoms with Crippen LogP contribution in [-0.4, -0.2) is 32.0 Å². The number of nitrogens with one attached hydrogen (secondary N) is 2. The van der Waals surface area contributed by atoms with Gasteiger partial charge in [-0.25, -0.2) is 4.79 Å². The average molecular weight is 301 g/mol. The van der Waals surface area contributed by atoms with Gasteiger partial charge in [0.25, 0.3) is 0 Å². The van der Waals surface area contributed by atoms with Gasteiger partial charge in [-0.2, -0.15) is 0 Å². The summed E-state index contributed by atoms with van der Waals surface area (Å²) in [6.07, 6.45) is 0.103. The quantitative estimate of drug-likeness (QED) is 0.783. The predicted molar refractivity (Wildman–Crippen MR) is 75.3 cm³/mol. The molecule has 0 atom stereocenters. The van der Waals surface area contributed by atoms with Crippen LogP contribution >= 0.6 is 11.6 Å². The van der Waals surface area contributed by atoms with Crippen molar-refractivity contribution in [3.8, 4) is 11.5 Å². The average Bonchev–Trinajstić information content (AvgIpc) is 2.44. The lowest BCUT2D eigenvalue weighted by molar-refractivity contribution is -0.119. The summed E-state index contributed by atoms with van der Waals surface area (Å²) in [5.41, 5.74) is 0.822. The Morgan fingerprint density at radius 2 is 1.90 bits per heavy atom. The first kappa shape index (κ1) is 16.1. The Kier molecular flexibility index (Phi) is 6.66. The molecule has 0 aliphatic rings. The number of alkyl halides is 1. The Balaban J connectivity index is 2.53. The van der Waals surface area contributed by atoms with E-state index in [0.29, 0.717) is 11.5 Å². The monoisotopic (exact) mass is 300 g/mol. The normalized spacial score (nSPS) is 9.75. The lowest BCUT2D eigenvalue weighted by Crippen LogP contribution is -2.39. The van der Waals surface area contributed by atoms with E-state index in [9.17, 15) is 9.59 Å². The predicted octanol–water partition coefficient (Wildman–Crippen LogP) is 1.66. The van der Waals surface area contributed by atoms with Gasteiger partial charge in [-0.05, 0) is 17.7 Å². The van der Waals surface area contributed by atoms with Crippen molar-refractivity contribution in [1.29, 1.82) is 0 Å². The molecule has 6 nitrogen and oxygen atoms in total. The van der Waals surface area contributed by atoms with Crippen LogP contribution in [0.2, 0.25) is 0 Å². The highest BCUT2D eigenvalue weighted by atomic mass is 35.5. The molecule has 1 aromatic carbocycles. The number of halogens is 1. The second-order valence-electron chi connectivity index (χ2n) is 3.86. The van der Waals surface area contributed by atoms with Crippen LogP contribution in [0.25, 0.3) is 0 Å². The van der Waals surface area contributed by atoms with Crippen molar-refractivity contribution in [3.63, 3.8) is 0 Å². The van der Waals surface area contributed by atoms with E-state index in [-0.39, 0.29) is 18.8 Å². The van der Waals surface area contributed by atoms with Gasteiger partial charge in [-0.1, -0.05) is 6.07 Å². The van der Waals surface area contributed by atoms with Crippen molar-refractivity contribution in [3.05, 3.63) is 23.8 Å². The van der Waals surface area contributed by atoms with Gasteiger partial charge >= 0.3 is 6.03 Å². The van der Waals surface area contributed by atoms with E-state index in [2.05, 4.69) is 10.6 Å². The van der Waals surface area contributed by atoms with Crippen LogP contribution in [0.15, 0.2) is 18.2 Å². The molecule has 0 bridgehead atoms. The Morgan fingerprint density at radius 1 is 1.20 bits per heavy atom. The summed E-state index contributed by atoms with van der Waals surface area (Å²) in [6, 6.07) is 4.73. The molecule has 0 radical (unpaired) electrons. The summed E-state index contributed by atoms with van der Waals surface area (Å²) in [4.78, 5) is 22.6. The molecule has 0 aliphatic heterocycles. The fourth-order valence-electron chi connectivity index (χ4n) is 1.49. The zero-order valence-corrected chi connectivity index (χ0v) is 12.1. The van der Waals surface area contributed by atoms with E-state index in [4.69, 9.17) is 21.1 Å². The molecule has 110 valence electrons. The Hall–Kier alpha value is -1.95. The highest BCUT2D eigenvalue weighted by Crippen LogP contribution is 2.27. The fraction of sp³-hybridized carbons (Fsp3) is 0.385. The Bertz CT molecular complexity index is 479. The number of carbonyl (C=O) groups is 2. The van der Waals surface area contributed by atoms with Gasteiger partial charge in [0.2, 0.25) is 5.91 Å². The van der Waals surface area contributed by atoms with Crippen molar-refractivity contribution in [2.24, 2.45) is 0 Å². The maximum absolute atomic E-state index is 11.4. The maximum Gasteiger partial charge on any atom is 0.321 e. The molecule has 0 saturated heterocycles. The minimum Gasteiger partial charge on any atom is -0.493 e. The lowest BCUT2D eigenvalue weighted by atomic mass is 10.2. The molecule has 0 heterocycles. The van der Waals surface area contributed by atoms with Crippen molar-refractivity contribution >= 4 is 23.5 Å². The van der Waals surface area contributed by atoms with Crippen LogP contribution < -0.4 is 20.1 Å². The van der Waals surface area contributed by atoms with Crippen LogP contribution in [0.1, 0.15) is 12.0 Å². The van der Waals surface area contributed by atoms with Gasteiger partial charge in [-0.3, -0.25) is 10.1 Å². The van der Waals surface area contributed by atoms with E-state index in [0.717, 1.165) is 5.56 Å². The Labute approximate surface area is 122 Å². The second-order valence-corrected chi connectivity index (χ2v) is 4.24. The SMILES string of the molecule is COc1ccc(CNC(=O)NC(=O)CCCl)cc1OC. The maximum atomic E-state index is 11.4. The topological polar surface area (TPSA) is 76.7 Å². The van der Waals surface area contributed by atoms with Gasteiger partial charge in [0.1, 0.15) is 0 Å². The molecule has 0 spiro atoms. The van der Waals surface area contributed by atoms with E-state index >= 15 is 0 Å². The highest BCUT2D eigenvalue weighted by Gasteiger charge is 2.08. The number of ether oxygens (including phenoxy) is 2. The first-order valence-corrected chi connectivity index (χ1v) is 6.48. The largest absolute Gasteiger partial charge is 0.493 e. The van der Waals surface area contributed by atoms with Gasteiger partial charge in [-0.15, -0.1) is 11.6 Å². The number of urea groups is 1. The number of amides is 3. The number of rotatable bonds is 6. The molecule has 1 rings (SSSR count). The van der Waals surface area contributed by atoms with Crippen molar-refractivity contribution < 1.29 is 19.1 Å². The van der Waals surface area contributed by atoms with Crippen LogP contribution in [-0.2, 0) is 11.3 Å². The molecule has 0 aliphatic carbocycles. The first-order chi connectivity index (χ1) is 9.60. The van der Waals surface area contributed by atoms with Gasteiger partial charge in [0, 0.05) is 18.8 Å². The lowest BCUT2D eigenvalue weighted by Gasteiger charge is -2.10. The molecule has 0 aromatic heterocycles. The van der Waals surface area contributed by atoms with Crippen LogP contribution in [0.4, 0.5) is 4.79 Å². The third-order valence-corrected chi connectivity index (χ3v) is 2.66. The second kappa shape index (κ2) is 8.27. The van der Waals surface area contributed by atoms with E-state index < -0.39 is 11.9 Å². The van der Waals surface area contributed by atoms with Gasteiger partial charge in [0.05, 0.1) is 14.2 Å². The molecular weight excluding hydrogens is 284 g/mol. The van der Waals surface area contributed by atoms with Gasteiger partial charge < -0.3 is 14.8 Å². The summed E-state index contributed by atoms with van der Waals surface area (Å²) >= 11 is 5.40. The van der Waals surface area contributed by atoms with Crippen molar-refractivity contribution in [1.82, 2.24) is 10.6 Å². The van der Waals surface area contributed by atoms with E-state index in [1.54, 1.807) is 25.3 Å². The number of imide groups is 1. The molecule has 0 saturated carbocycles. The summed E-state index contributed by atoms with van der Waals surface area (Å²) in [6.45, 7) is 0.264. The molecule has 0 unspecified atom stereocenters. The molecule has 3 amide bonds. The van der Waals surface area contributed by atoms with Gasteiger partial charge in [0.15, 0.2) is 11.5 Å². The molecule has 1 aromatic rings. The summed E-state index contributed by atoms with van der Waals surface area (Å²) < 4.78 is 10.3. The van der Waals surface area contributed by atoms with Crippen molar-refractivity contribution in [2.75, 3.05) is 20.1 Å². The first-order valence-electron chi connectivity index (χ1n) is 5.95.